The van der Waals surface area contributed by atoms with Crippen LogP contribution < -0.4 is 5.32 Å². The zero-order valence-corrected chi connectivity index (χ0v) is 19.0. The van der Waals surface area contributed by atoms with Gasteiger partial charge >= 0.3 is 5.97 Å². The lowest BCUT2D eigenvalue weighted by Crippen LogP contribution is -2.11. The summed E-state index contributed by atoms with van der Waals surface area (Å²) in [5, 5.41) is 33.9. The van der Waals surface area contributed by atoms with Gasteiger partial charge in [-0.05, 0) is 54.1 Å². The predicted octanol–water partition coefficient (Wildman–Crippen LogP) is 3.91. The van der Waals surface area contributed by atoms with E-state index in [4.69, 9.17) is 0 Å². The molecule has 0 bridgehead atoms. The van der Waals surface area contributed by atoms with Gasteiger partial charge in [0.05, 0.1) is 23.2 Å². The van der Waals surface area contributed by atoms with Crippen molar-refractivity contribution in [2.45, 2.75) is 6.42 Å². The van der Waals surface area contributed by atoms with Gasteiger partial charge in [0, 0.05) is 47.0 Å². The molecule has 0 saturated carbocycles. The van der Waals surface area contributed by atoms with Gasteiger partial charge in [0.1, 0.15) is 5.52 Å². The Morgan fingerprint density at radius 2 is 1.78 bits per heavy atom. The van der Waals surface area contributed by atoms with Crippen LogP contribution in [0.5, 0.6) is 0 Å². The molecule has 0 aliphatic heterocycles. The molecule has 3 N–H and O–H groups in total. The standard InChI is InChI=1S/C25H18N6O6/c32-22(33)12-17-11-20(31(36)37)13-21-23(17)28-24(30(21)35)15-1-5-18(6-2-15)27-25(34)16-3-7-19(8-4-16)29-10-9-26-14-29/h1-11,13-14,35H,12H2,(H,27,34)(H,32,33). The Labute approximate surface area is 208 Å². The zero-order valence-electron chi connectivity index (χ0n) is 19.0. The lowest BCUT2D eigenvalue weighted by atomic mass is 10.1. The first kappa shape index (κ1) is 23.2. The lowest BCUT2D eigenvalue weighted by molar-refractivity contribution is -0.384. The molecule has 0 aliphatic rings. The Morgan fingerprint density at radius 1 is 1.05 bits per heavy atom. The second-order valence-electron chi connectivity index (χ2n) is 8.10. The third kappa shape index (κ3) is 4.58. The van der Waals surface area contributed by atoms with E-state index < -0.39 is 17.3 Å². The molecular formula is C25H18N6O6. The van der Waals surface area contributed by atoms with Crippen molar-refractivity contribution < 1.29 is 24.8 Å². The van der Waals surface area contributed by atoms with Crippen LogP contribution in [0.25, 0.3) is 28.1 Å². The number of nitro groups is 1. The maximum atomic E-state index is 12.7. The van der Waals surface area contributed by atoms with Crippen molar-refractivity contribution >= 4 is 34.3 Å². The van der Waals surface area contributed by atoms with Crippen molar-refractivity contribution in [3.05, 3.63) is 101 Å². The first-order valence-corrected chi connectivity index (χ1v) is 10.9. The Morgan fingerprint density at radius 3 is 2.41 bits per heavy atom. The van der Waals surface area contributed by atoms with Crippen LogP contribution in [-0.4, -0.2) is 46.4 Å². The van der Waals surface area contributed by atoms with Gasteiger partial charge in [0.25, 0.3) is 11.6 Å². The topological polar surface area (TPSA) is 165 Å². The summed E-state index contributed by atoms with van der Waals surface area (Å²) in [5.41, 5.74) is 2.16. The summed E-state index contributed by atoms with van der Waals surface area (Å²) in [6, 6.07) is 15.7. The number of imidazole rings is 2. The number of non-ortho nitro benzene ring substituents is 1. The molecule has 2 aromatic heterocycles. The highest BCUT2D eigenvalue weighted by Gasteiger charge is 2.21. The van der Waals surface area contributed by atoms with Crippen LogP contribution in [0.4, 0.5) is 11.4 Å². The zero-order chi connectivity index (χ0) is 26.1. The van der Waals surface area contributed by atoms with Gasteiger partial charge in [-0.25, -0.2) is 9.97 Å². The fourth-order valence-corrected chi connectivity index (χ4v) is 3.91. The van der Waals surface area contributed by atoms with E-state index in [0.29, 0.717) is 21.5 Å². The summed E-state index contributed by atoms with van der Waals surface area (Å²) >= 11 is 0. The molecule has 1 amide bonds. The number of aliphatic carboxylic acids is 1. The minimum atomic E-state index is -1.19. The van der Waals surface area contributed by atoms with Crippen molar-refractivity contribution in [3.8, 4) is 17.1 Å². The number of hydrogen-bond acceptors (Lipinski definition) is 7. The van der Waals surface area contributed by atoms with E-state index in [2.05, 4.69) is 15.3 Å². The highest BCUT2D eigenvalue weighted by atomic mass is 16.6. The first-order chi connectivity index (χ1) is 17.8. The minimum Gasteiger partial charge on any atom is -0.481 e. The Balaban J connectivity index is 1.39. The third-order valence-electron chi connectivity index (χ3n) is 5.69. The SMILES string of the molecule is O=C(O)Cc1cc([N+](=O)[O-])cc2c1nc(-c1ccc(NC(=O)c3ccc(-n4ccnc4)cc3)cc1)n2O. The average Bonchev–Trinajstić information content (AvgIpc) is 3.53. The van der Waals surface area contributed by atoms with Crippen molar-refractivity contribution in [2.24, 2.45) is 0 Å². The molecule has 5 rings (SSSR count). The number of hydrogen-bond donors (Lipinski definition) is 3. The molecule has 0 unspecified atom stereocenters. The van der Waals surface area contributed by atoms with E-state index in [9.17, 15) is 30.0 Å². The van der Waals surface area contributed by atoms with Gasteiger partial charge < -0.3 is 20.2 Å². The van der Waals surface area contributed by atoms with Gasteiger partial charge in [-0.3, -0.25) is 19.7 Å². The highest BCUT2D eigenvalue weighted by molar-refractivity contribution is 6.04. The number of fused-ring (bicyclic) bond motifs is 1. The molecule has 2 heterocycles. The minimum absolute atomic E-state index is 0.0111. The van der Waals surface area contributed by atoms with Crippen LogP contribution in [0, 0.1) is 10.1 Å². The molecular weight excluding hydrogens is 480 g/mol. The monoisotopic (exact) mass is 498 g/mol. The largest absolute Gasteiger partial charge is 0.481 e. The number of carboxylic acid groups (broad SMARTS) is 1. The maximum absolute atomic E-state index is 12.7. The van der Waals surface area contributed by atoms with E-state index in [1.54, 1.807) is 67.3 Å². The van der Waals surface area contributed by atoms with Crippen LogP contribution in [0.2, 0.25) is 0 Å². The van der Waals surface area contributed by atoms with Crippen molar-refractivity contribution in [1.29, 1.82) is 0 Å². The van der Waals surface area contributed by atoms with E-state index in [0.717, 1.165) is 17.8 Å². The van der Waals surface area contributed by atoms with Crippen LogP contribution in [0.3, 0.4) is 0 Å². The second kappa shape index (κ2) is 9.26. The number of benzene rings is 3. The quantitative estimate of drug-likeness (QED) is 0.173. The number of nitrogens with one attached hydrogen (secondary N) is 1. The van der Waals surface area contributed by atoms with E-state index in [-0.39, 0.29) is 34.0 Å². The number of carbonyl (C=O) groups is 2. The van der Waals surface area contributed by atoms with Gasteiger partial charge in [-0.15, -0.1) is 0 Å². The van der Waals surface area contributed by atoms with Gasteiger partial charge in [0.2, 0.25) is 0 Å². The smallest absolute Gasteiger partial charge is 0.307 e. The molecule has 0 atom stereocenters. The number of nitro benzene ring substituents is 1. The summed E-state index contributed by atoms with van der Waals surface area (Å²) in [7, 11) is 0. The molecule has 37 heavy (non-hydrogen) atoms. The molecule has 12 heteroatoms. The van der Waals surface area contributed by atoms with E-state index in [1.807, 2.05) is 4.57 Å². The van der Waals surface area contributed by atoms with Crippen LogP contribution in [-0.2, 0) is 11.2 Å². The third-order valence-corrected chi connectivity index (χ3v) is 5.69. The number of amides is 1. The van der Waals surface area contributed by atoms with Crippen LogP contribution in [0.15, 0.2) is 79.4 Å². The Hall–Kier alpha value is -5.52. The molecule has 3 aromatic carbocycles. The van der Waals surface area contributed by atoms with E-state index >= 15 is 0 Å². The summed E-state index contributed by atoms with van der Waals surface area (Å²) in [4.78, 5) is 42.9. The second-order valence-corrected chi connectivity index (χ2v) is 8.10. The first-order valence-electron chi connectivity index (χ1n) is 10.9. The number of carboxylic acids is 1. The van der Waals surface area contributed by atoms with E-state index in [1.165, 1.54) is 0 Å². The fourth-order valence-electron chi connectivity index (χ4n) is 3.91. The normalized spacial score (nSPS) is 10.9. The summed E-state index contributed by atoms with van der Waals surface area (Å²) in [5.74, 6) is -1.44. The van der Waals surface area contributed by atoms with Crippen molar-refractivity contribution in [3.63, 3.8) is 0 Å². The Kier molecular flexibility index (Phi) is 5.82. The molecule has 0 fully saturated rings. The van der Waals surface area contributed by atoms with Gasteiger partial charge in [0.15, 0.2) is 5.82 Å². The number of rotatable bonds is 7. The molecule has 0 spiro atoms. The Bertz CT molecular complexity index is 1640. The van der Waals surface area contributed by atoms with Crippen molar-refractivity contribution in [1.82, 2.24) is 19.3 Å². The number of nitrogens with zero attached hydrogens (tertiary/aromatic N) is 5. The van der Waals surface area contributed by atoms with Crippen LogP contribution >= 0.6 is 0 Å². The van der Waals surface area contributed by atoms with Gasteiger partial charge in [-0.1, -0.05) is 0 Å². The molecule has 5 aromatic rings. The number of carbonyl (C=O) groups excluding carboxylic acids is 1. The molecule has 12 nitrogen and oxygen atoms in total. The van der Waals surface area contributed by atoms with Gasteiger partial charge in [-0.2, -0.15) is 4.73 Å². The van der Waals surface area contributed by atoms with Crippen molar-refractivity contribution in [2.75, 3.05) is 5.32 Å². The highest BCUT2D eigenvalue weighted by Crippen LogP contribution is 2.30. The summed E-state index contributed by atoms with van der Waals surface area (Å²) < 4.78 is 2.50. The summed E-state index contributed by atoms with van der Waals surface area (Å²) in [6.07, 6.45) is 4.62. The molecule has 0 aliphatic carbocycles. The summed E-state index contributed by atoms with van der Waals surface area (Å²) in [6.45, 7) is 0. The molecule has 0 saturated heterocycles. The molecule has 184 valence electrons. The fraction of sp³-hybridized carbons (Fsp3) is 0.0400. The number of aromatic nitrogens is 4. The maximum Gasteiger partial charge on any atom is 0.307 e. The lowest BCUT2D eigenvalue weighted by Gasteiger charge is -2.08. The van der Waals surface area contributed by atoms with Crippen LogP contribution in [0.1, 0.15) is 15.9 Å². The predicted molar refractivity (Wildman–Crippen MR) is 132 cm³/mol. The number of anilines is 1. The molecule has 0 radical (unpaired) electrons. The average molecular weight is 498 g/mol.